The van der Waals surface area contributed by atoms with E-state index in [-0.39, 0.29) is 5.69 Å². The van der Waals surface area contributed by atoms with Gasteiger partial charge in [-0.15, -0.1) is 11.3 Å². The molecule has 2 aromatic carbocycles. The van der Waals surface area contributed by atoms with Gasteiger partial charge in [-0.05, 0) is 42.0 Å². The molecule has 3 aromatic rings. The number of hydrogen-bond acceptors (Lipinski definition) is 7. The molecular formula is C17H14N4O3S. The number of nitrogens with zero attached hydrogens (tertiary/aromatic N) is 3. The van der Waals surface area contributed by atoms with Gasteiger partial charge in [0.25, 0.3) is 5.69 Å². The fourth-order valence-electron chi connectivity index (χ4n) is 2.06. The zero-order valence-corrected chi connectivity index (χ0v) is 14.1. The Kier molecular flexibility index (Phi) is 5.00. The summed E-state index contributed by atoms with van der Waals surface area (Å²) in [5, 5.41) is 17.3. The molecule has 0 saturated carbocycles. The smallest absolute Gasteiger partial charge is 0.269 e. The molecule has 0 unspecified atom stereocenters. The van der Waals surface area contributed by atoms with Crippen LogP contribution in [0.4, 0.5) is 10.8 Å². The van der Waals surface area contributed by atoms with Crippen LogP contribution >= 0.6 is 11.3 Å². The summed E-state index contributed by atoms with van der Waals surface area (Å²) in [6, 6.07) is 13.8. The van der Waals surface area contributed by atoms with Crippen molar-refractivity contribution in [1.82, 2.24) is 4.98 Å². The summed E-state index contributed by atoms with van der Waals surface area (Å²) in [6.07, 6.45) is 1.58. The van der Waals surface area contributed by atoms with Crippen molar-refractivity contribution in [2.45, 2.75) is 0 Å². The molecule has 1 N–H and O–H groups in total. The number of anilines is 1. The number of non-ortho nitro benzene ring substituents is 1. The van der Waals surface area contributed by atoms with Crippen LogP contribution in [-0.4, -0.2) is 23.2 Å². The zero-order chi connectivity index (χ0) is 17.6. The minimum absolute atomic E-state index is 0.0502. The summed E-state index contributed by atoms with van der Waals surface area (Å²) in [6.45, 7) is 0. The summed E-state index contributed by atoms with van der Waals surface area (Å²) in [4.78, 5) is 14.6. The predicted octanol–water partition coefficient (Wildman–Crippen LogP) is 4.17. The standard InChI is InChI=1S/C17H14N4O3S/c1-24-15-8-4-13(5-9-15)16-11-25-17(19-16)20-18-10-12-2-6-14(7-3-12)21(22)23/h2-11H,1H3,(H,19,20)/b18-10-. The first-order valence-corrected chi connectivity index (χ1v) is 8.17. The van der Waals surface area contributed by atoms with Gasteiger partial charge in [0.1, 0.15) is 5.75 Å². The van der Waals surface area contributed by atoms with E-state index in [0.29, 0.717) is 5.13 Å². The van der Waals surface area contributed by atoms with Gasteiger partial charge in [-0.3, -0.25) is 15.5 Å². The molecule has 8 heteroatoms. The number of methoxy groups -OCH3 is 1. The molecule has 0 spiro atoms. The van der Waals surface area contributed by atoms with Crippen LogP contribution in [0.1, 0.15) is 5.56 Å². The molecule has 0 bridgehead atoms. The summed E-state index contributed by atoms with van der Waals surface area (Å²) >= 11 is 1.44. The van der Waals surface area contributed by atoms with Crippen molar-refractivity contribution in [3.8, 4) is 17.0 Å². The average molecular weight is 354 g/mol. The number of hydrazone groups is 1. The van der Waals surface area contributed by atoms with Crippen molar-refractivity contribution >= 4 is 28.4 Å². The SMILES string of the molecule is COc1ccc(-c2csc(N/N=C\c3ccc([N+](=O)[O-])cc3)n2)cc1. The largest absolute Gasteiger partial charge is 0.497 e. The Bertz CT molecular complexity index is 889. The Morgan fingerprint density at radius 2 is 1.92 bits per heavy atom. The molecule has 0 atom stereocenters. The average Bonchev–Trinajstić information content (AvgIpc) is 3.11. The second-order valence-corrected chi connectivity index (χ2v) is 5.84. The Morgan fingerprint density at radius 1 is 1.20 bits per heavy atom. The molecule has 0 aliphatic carbocycles. The van der Waals surface area contributed by atoms with E-state index >= 15 is 0 Å². The number of nitro groups is 1. The number of rotatable bonds is 6. The predicted molar refractivity (Wildman–Crippen MR) is 98.4 cm³/mol. The second-order valence-electron chi connectivity index (χ2n) is 4.99. The lowest BCUT2D eigenvalue weighted by molar-refractivity contribution is -0.384. The van der Waals surface area contributed by atoms with Crippen molar-refractivity contribution in [2.75, 3.05) is 12.5 Å². The van der Waals surface area contributed by atoms with Crippen LogP contribution in [0.5, 0.6) is 5.75 Å². The number of aromatic nitrogens is 1. The van der Waals surface area contributed by atoms with E-state index in [4.69, 9.17) is 4.74 Å². The van der Waals surface area contributed by atoms with Crippen LogP contribution in [-0.2, 0) is 0 Å². The molecule has 0 fully saturated rings. The summed E-state index contributed by atoms with van der Waals surface area (Å²) in [5.41, 5.74) is 5.50. The third-order valence-electron chi connectivity index (χ3n) is 3.37. The number of ether oxygens (including phenoxy) is 1. The van der Waals surface area contributed by atoms with E-state index in [1.165, 1.54) is 23.5 Å². The van der Waals surface area contributed by atoms with Crippen molar-refractivity contribution in [3.63, 3.8) is 0 Å². The third kappa shape index (κ3) is 4.18. The summed E-state index contributed by atoms with van der Waals surface area (Å²) in [7, 11) is 1.63. The first-order valence-electron chi connectivity index (χ1n) is 7.29. The van der Waals surface area contributed by atoms with Crippen LogP contribution < -0.4 is 10.2 Å². The van der Waals surface area contributed by atoms with Gasteiger partial charge in [-0.1, -0.05) is 0 Å². The van der Waals surface area contributed by atoms with Gasteiger partial charge < -0.3 is 4.74 Å². The minimum Gasteiger partial charge on any atom is -0.497 e. The maximum Gasteiger partial charge on any atom is 0.269 e. The lowest BCUT2D eigenvalue weighted by atomic mass is 10.2. The quantitative estimate of drug-likeness (QED) is 0.407. The Balaban J connectivity index is 1.63. The molecule has 126 valence electrons. The van der Waals surface area contributed by atoms with Crippen LogP contribution in [0.2, 0.25) is 0 Å². The Hall–Kier alpha value is -3.26. The maximum atomic E-state index is 10.6. The second kappa shape index (κ2) is 7.54. The normalized spacial score (nSPS) is 10.8. The molecule has 1 heterocycles. The topological polar surface area (TPSA) is 89.6 Å². The lowest BCUT2D eigenvalue weighted by Gasteiger charge is -2.00. The van der Waals surface area contributed by atoms with Gasteiger partial charge in [0, 0.05) is 23.1 Å². The monoisotopic (exact) mass is 354 g/mol. The fourth-order valence-corrected chi connectivity index (χ4v) is 2.73. The van der Waals surface area contributed by atoms with E-state index in [2.05, 4.69) is 15.5 Å². The number of thiazole rings is 1. The zero-order valence-electron chi connectivity index (χ0n) is 13.2. The summed E-state index contributed by atoms with van der Waals surface area (Å²) in [5.74, 6) is 0.796. The molecule has 1 aromatic heterocycles. The lowest BCUT2D eigenvalue weighted by Crippen LogP contribution is -1.91. The number of benzene rings is 2. The highest BCUT2D eigenvalue weighted by Crippen LogP contribution is 2.26. The van der Waals surface area contributed by atoms with Crippen molar-refractivity contribution < 1.29 is 9.66 Å². The van der Waals surface area contributed by atoms with Crippen LogP contribution in [0.15, 0.2) is 59.0 Å². The van der Waals surface area contributed by atoms with E-state index in [9.17, 15) is 10.1 Å². The first-order chi connectivity index (χ1) is 12.2. The van der Waals surface area contributed by atoms with Gasteiger partial charge in [0.05, 0.1) is 23.9 Å². The van der Waals surface area contributed by atoms with Gasteiger partial charge >= 0.3 is 0 Å². The molecule has 0 saturated heterocycles. The fraction of sp³-hybridized carbons (Fsp3) is 0.0588. The van der Waals surface area contributed by atoms with Crippen molar-refractivity contribution in [2.24, 2.45) is 5.10 Å². The van der Waals surface area contributed by atoms with E-state index in [1.807, 2.05) is 29.6 Å². The number of nitro benzene ring substituents is 1. The van der Waals surface area contributed by atoms with Crippen LogP contribution in [0, 0.1) is 10.1 Å². The molecule has 0 aliphatic rings. The molecule has 0 aliphatic heterocycles. The Labute approximate surface area is 147 Å². The number of nitrogens with one attached hydrogen (secondary N) is 1. The van der Waals surface area contributed by atoms with Gasteiger partial charge in [0.15, 0.2) is 0 Å². The van der Waals surface area contributed by atoms with E-state index in [1.54, 1.807) is 25.5 Å². The molecule has 0 amide bonds. The molecule has 0 radical (unpaired) electrons. The van der Waals surface area contributed by atoms with Gasteiger partial charge in [-0.25, -0.2) is 4.98 Å². The van der Waals surface area contributed by atoms with Gasteiger partial charge in [-0.2, -0.15) is 5.10 Å². The highest BCUT2D eigenvalue weighted by Gasteiger charge is 2.05. The maximum absolute atomic E-state index is 10.6. The molecule has 25 heavy (non-hydrogen) atoms. The van der Waals surface area contributed by atoms with E-state index in [0.717, 1.165) is 22.6 Å². The molecule has 3 rings (SSSR count). The van der Waals surface area contributed by atoms with Crippen LogP contribution in [0.3, 0.4) is 0 Å². The van der Waals surface area contributed by atoms with E-state index < -0.39 is 4.92 Å². The molecular weight excluding hydrogens is 340 g/mol. The molecule has 7 nitrogen and oxygen atoms in total. The highest BCUT2D eigenvalue weighted by atomic mass is 32.1. The summed E-state index contributed by atoms with van der Waals surface area (Å²) < 4.78 is 5.14. The first kappa shape index (κ1) is 16.6. The third-order valence-corrected chi connectivity index (χ3v) is 4.11. The minimum atomic E-state index is -0.435. The van der Waals surface area contributed by atoms with Gasteiger partial charge in [0.2, 0.25) is 5.13 Å². The van der Waals surface area contributed by atoms with Crippen molar-refractivity contribution in [3.05, 3.63) is 69.6 Å². The van der Waals surface area contributed by atoms with Crippen LogP contribution in [0.25, 0.3) is 11.3 Å². The highest BCUT2D eigenvalue weighted by molar-refractivity contribution is 7.14. The number of hydrogen-bond donors (Lipinski definition) is 1. The Morgan fingerprint density at radius 3 is 2.56 bits per heavy atom. The van der Waals surface area contributed by atoms with Crippen molar-refractivity contribution in [1.29, 1.82) is 0 Å².